The molecule has 0 aliphatic carbocycles. The molecule has 0 aliphatic rings. The smallest absolute Gasteiger partial charge is 0.309 e. The van der Waals surface area contributed by atoms with Crippen molar-refractivity contribution >= 4 is 10.1 Å². The number of rotatable bonds is 12. The van der Waals surface area contributed by atoms with Gasteiger partial charge in [-0.1, -0.05) is 38.1 Å². The van der Waals surface area contributed by atoms with Crippen molar-refractivity contribution in [1.29, 1.82) is 0 Å². The second-order valence-corrected chi connectivity index (χ2v) is 9.47. The van der Waals surface area contributed by atoms with Gasteiger partial charge in [-0.05, 0) is 35.4 Å². The predicted molar refractivity (Wildman–Crippen MR) is 114 cm³/mol. The summed E-state index contributed by atoms with van der Waals surface area (Å²) < 4.78 is 75.7. The van der Waals surface area contributed by atoms with Crippen LogP contribution in [0.15, 0.2) is 48.5 Å². The summed E-state index contributed by atoms with van der Waals surface area (Å²) >= 11 is 0. The van der Waals surface area contributed by atoms with E-state index >= 15 is 0 Å². The van der Waals surface area contributed by atoms with E-state index < -0.39 is 47.4 Å². The highest BCUT2D eigenvalue weighted by molar-refractivity contribution is 7.86. The first-order chi connectivity index (χ1) is 14.9. The molecule has 0 spiro atoms. The van der Waals surface area contributed by atoms with Gasteiger partial charge < -0.3 is 14.6 Å². The normalized spacial score (nSPS) is 13.6. The van der Waals surface area contributed by atoms with Crippen molar-refractivity contribution in [1.82, 2.24) is 0 Å². The van der Waals surface area contributed by atoms with Gasteiger partial charge in [-0.15, -0.1) is 0 Å². The van der Waals surface area contributed by atoms with E-state index in [1.54, 1.807) is 36.4 Å². The zero-order chi connectivity index (χ0) is 24.0. The molecule has 0 amide bonds. The standard InChI is InChI=1S/C22H27F3O6S/c1-21(2,17-6-10-19(11-7-17)30-15-22(24,25)14-23)16-4-8-18(9-5-16)29-13-20(12-26)31-32(3,27)28/h4-11,20,26H,12-15H2,1-3H3. The van der Waals surface area contributed by atoms with Crippen LogP contribution in [0.3, 0.4) is 0 Å². The van der Waals surface area contributed by atoms with E-state index in [1.807, 2.05) is 26.0 Å². The van der Waals surface area contributed by atoms with Crippen molar-refractivity contribution in [3.05, 3.63) is 59.7 Å². The molecule has 0 bridgehead atoms. The second kappa shape index (κ2) is 10.5. The van der Waals surface area contributed by atoms with Gasteiger partial charge in [0.15, 0.2) is 13.3 Å². The Morgan fingerprint density at radius 2 is 1.41 bits per heavy atom. The lowest BCUT2D eigenvalue weighted by atomic mass is 9.78. The molecule has 1 atom stereocenters. The Morgan fingerprint density at radius 3 is 1.81 bits per heavy atom. The highest BCUT2D eigenvalue weighted by Crippen LogP contribution is 2.33. The summed E-state index contributed by atoms with van der Waals surface area (Å²) in [6.45, 7) is 0.511. The molecule has 0 radical (unpaired) electrons. The summed E-state index contributed by atoms with van der Waals surface area (Å²) in [6, 6.07) is 13.7. The molecule has 1 N–H and O–H groups in total. The summed E-state index contributed by atoms with van der Waals surface area (Å²) in [6.07, 6.45) is -0.114. The first kappa shape index (κ1) is 26.0. The summed E-state index contributed by atoms with van der Waals surface area (Å²) in [5, 5.41) is 9.22. The highest BCUT2D eigenvalue weighted by atomic mass is 32.2. The molecule has 2 rings (SSSR count). The van der Waals surface area contributed by atoms with Crippen LogP contribution in [0.5, 0.6) is 11.5 Å². The van der Waals surface area contributed by atoms with Crippen LogP contribution in [-0.2, 0) is 19.7 Å². The molecule has 178 valence electrons. The topological polar surface area (TPSA) is 82.1 Å². The van der Waals surface area contributed by atoms with Gasteiger partial charge >= 0.3 is 5.92 Å². The number of alkyl halides is 3. The molecule has 6 nitrogen and oxygen atoms in total. The molecule has 0 heterocycles. The maximum Gasteiger partial charge on any atom is 0.309 e. The number of aliphatic hydroxyl groups is 1. The molecule has 0 aromatic heterocycles. The van der Waals surface area contributed by atoms with Crippen molar-refractivity contribution in [3.63, 3.8) is 0 Å². The van der Waals surface area contributed by atoms with E-state index in [0.717, 1.165) is 17.4 Å². The molecule has 0 saturated carbocycles. The summed E-state index contributed by atoms with van der Waals surface area (Å²) in [5.41, 5.74) is 1.40. The van der Waals surface area contributed by atoms with Gasteiger partial charge in [0.25, 0.3) is 10.1 Å². The fourth-order valence-corrected chi connectivity index (χ4v) is 3.49. The molecule has 32 heavy (non-hydrogen) atoms. The van der Waals surface area contributed by atoms with E-state index in [-0.39, 0.29) is 12.4 Å². The van der Waals surface area contributed by atoms with Crippen LogP contribution in [0.25, 0.3) is 0 Å². The Hall–Kier alpha value is -2.30. The van der Waals surface area contributed by atoms with Gasteiger partial charge in [-0.3, -0.25) is 4.18 Å². The molecule has 0 fully saturated rings. The van der Waals surface area contributed by atoms with Crippen molar-refractivity contribution in [2.24, 2.45) is 0 Å². The lowest BCUT2D eigenvalue weighted by Gasteiger charge is -2.26. The molecule has 2 aromatic rings. The predicted octanol–water partition coefficient (Wildman–Crippen LogP) is 3.71. The largest absolute Gasteiger partial charge is 0.491 e. The maximum absolute atomic E-state index is 13.0. The molecule has 10 heteroatoms. The monoisotopic (exact) mass is 476 g/mol. The fraction of sp³-hybridized carbons (Fsp3) is 0.455. The van der Waals surface area contributed by atoms with Crippen LogP contribution in [0.2, 0.25) is 0 Å². The second-order valence-electron chi connectivity index (χ2n) is 7.87. The quantitative estimate of drug-likeness (QED) is 0.471. The van der Waals surface area contributed by atoms with Crippen molar-refractivity contribution in [3.8, 4) is 11.5 Å². The van der Waals surface area contributed by atoms with Crippen LogP contribution in [0.1, 0.15) is 25.0 Å². The van der Waals surface area contributed by atoms with Gasteiger partial charge in [0.05, 0.1) is 12.9 Å². The minimum Gasteiger partial charge on any atom is -0.491 e. The summed E-state index contributed by atoms with van der Waals surface area (Å²) in [5.74, 6) is -2.83. The Labute approximate surface area is 186 Å². The van der Waals surface area contributed by atoms with Crippen LogP contribution in [-0.4, -0.2) is 58.3 Å². The lowest BCUT2D eigenvalue weighted by Crippen LogP contribution is -2.28. The zero-order valence-corrected chi connectivity index (χ0v) is 18.9. The van der Waals surface area contributed by atoms with Crippen LogP contribution >= 0.6 is 0 Å². The van der Waals surface area contributed by atoms with Crippen molar-refractivity contribution in [2.45, 2.75) is 31.3 Å². The number of hydrogen-bond acceptors (Lipinski definition) is 6. The van der Waals surface area contributed by atoms with Gasteiger partial charge in [0.2, 0.25) is 0 Å². The minimum atomic E-state index is -3.71. The van der Waals surface area contributed by atoms with Gasteiger partial charge in [0, 0.05) is 5.41 Å². The van der Waals surface area contributed by atoms with E-state index in [2.05, 4.69) is 0 Å². The molecular weight excluding hydrogens is 449 g/mol. The Bertz CT molecular complexity index is 960. The third kappa shape index (κ3) is 7.68. The van der Waals surface area contributed by atoms with E-state index in [0.29, 0.717) is 5.75 Å². The number of aliphatic hydroxyl groups excluding tert-OH is 1. The van der Waals surface area contributed by atoms with Crippen molar-refractivity contribution < 1.29 is 40.4 Å². The van der Waals surface area contributed by atoms with E-state index in [4.69, 9.17) is 13.7 Å². The minimum absolute atomic E-state index is 0.144. The first-order valence-corrected chi connectivity index (χ1v) is 11.6. The first-order valence-electron chi connectivity index (χ1n) is 9.76. The molecule has 0 aliphatic heterocycles. The molecule has 2 aromatic carbocycles. The summed E-state index contributed by atoms with van der Waals surface area (Å²) in [7, 11) is -3.71. The average Bonchev–Trinajstić information content (AvgIpc) is 2.75. The third-order valence-electron chi connectivity index (χ3n) is 4.75. The fourth-order valence-electron chi connectivity index (χ4n) is 2.88. The summed E-state index contributed by atoms with van der Waals surface area (Å²) in [4.78, 5) is 0. The molecule has 0 saturated heterocycles. The molecule has 1 unspecified atom stereocenters. The number of benzene rings is 2. The Kier molecular flexibility index (Phi) is 8.55. The highest BCUT2D eigenvalue weighted by Gasteiger charge is 2.30. The van der Waals surface area contributed by atoms with Crippen LogP contribution in [0.4, 0.5) is 13.2 Å². The van der Waals surface area contributed by atoms with E-state index in [9.17, 15) is 26.7 Å². The number of hydrogen-bond donors (Lipinski definition) is 1. The number of halogens is 3. The third-order valence-corrected chi connectivity index (χ3v) is 5.37. The van der Waals surface area contributed by atoms with E-state index in [1.165, 1.54) is 0 Å². The Morgan fingerprint density at radius 1 is 0.938 bits per heavy atom. The van der Waals surface area contributed by atoms with Crippen LogP contribution < -0.4 is 9.47 Å². The SMILES string of the molecule is CC(C)(c1ccc(OCC(CO)OS(C)(=O)=O)cc1)c1ccc(OCC(F)(F)CF)cc1. The Balaban J connectivity index is 2.03. The maximum atomic E-state index is 13.0. The zero-order valence-electron chi connectivity index (χ0n) is 18.1. The van der Waals surface area contributed by atoms with Gasteiger partial charge in [0.1, 0.15) is 24.2 Å². The molecular formula is C22H27F3O6S. The average molecular weight is 477 g/mol. The van der Waals surface area contributed by atoms with Gasteiger partial charge in [-0.25, -0.2) is 4.39 Å². The lowest BCUT2D eigenvalue weighted by molar-refractivity contribution is -0.0584. The number of ether oxygens (including phenoxy) is 2. The van der Waals surface area contributed by atoms with Crippen molar-refractivity contribution in [2.75, 3.05) is 32.8 Å². The van der Waals surface area contributed by atoms with Gasteiger partial charge in [-0.2, -0.15) is 17.2 Å². The van der Waals surface area contributed by atoms with Crippen LogP contribution in [0, 0.1) is 0 Å².